The van der Waals surface area contributed by atoms with E-state index in [4.69, 9.17) is 44.0 Å². The van der Waals surface area contributed by atoms with Gasteiger partial charge in [0, 0.05) is 10.6 Å². The van der Waals surface area contributed by atoms with Gasteiger partial charge in [-0.2, -0.15) is 0 Å². The third kappa shape index (κ3) is 5.39. The Hall–Kier alpha value is -2.99. The molecule has 1 aromatic heterocycles. The highest BCUT2D eigenvalue weighted by molar-refractivity contribution is 6.44. The number of halogens is 3. The van der Waals surface area contributed by atoms with Gasteiger partial charge >= 0.3 is 0 Å². The van der Waals surface area contributed by atoms with E-state index < -0.39 is 17.9 Å². The van der Waals surface area contributed by atoms with E-state index in [0.29, 0.717) is 26.9 Å². The van der Waals surface area contributed by atoms with Crippen LogP contribution in [-0.4, -0.2) is 12.5 Å². The molecule has 5 nitrogen and oxygen atoms in total. The maximum atomic E-state index is 13.5. The number of rotatable bonds is 5. The van der Waals surface area contributed by atoms with Crippen LogP contribution < -0.4 is 15.5 Å². The van der Waals surface area contributed by atoms with E-state index in [-0.39, 0.29) is 27.3 Å². The van der Waals surface area contributed by atoms with Crippen molar-refractivity contribution in [3.05, 3.63) is 91.0 Å². The van der Waals surface area contributed by atoms with Crippen molar-refractivity contribution in [2.45, 2.75) is 33.1 Å². The normalized spacial score (nSPS) is 11.5. The van der Waals surface area contributed by atoms with Gasteiger partial charge in [0.25, 0.3) is 5.91 Å². The number of ether oxygens (including phenoxy) is 1. The van der Waals surface area contributed by atoms with Gasteiger partial charge in [0.15, 0.2) is 12.4 Å². The molecule has 0 radical (unpaired) electrons. The summed E-state index contributed by atoms with van der Waals surface area (Å²) in [5, 5.41) is 3.84. The number of carbonyl (C=O) groups is 1. The molecule has 0 aliphatic heterocycles. The van der Waals surface area contributed by atoms with Crippen molar-refractivity contribution in [3.63, 3.8) is 0 Å². The van der Waals surface area contributed by atoms with Crippen LogP contribution in [0.15, 0.2) is 63.8 Å². The molecule has 36 heavy (non-hydrogen) atoms. The molecule has 1 amide bonds. The monoisotopic (exact) mass is 543 g/mol. The molecule has 0 bridgehead atoms. The average molecular weight is 545 g/mol. The summed E-state index contributed by atoms with van der Waals surface area (Å²) in [6, 6.07) is 15.8. The number of hydrogen-bond acceptors (Lipinski definition) is 4. The number of aryl methyl sites for hydroxylation is 1. The van der Waals surface area contributed by atoms with Crippen LogP contribution in [0.5, 0.6) is 5.75 Å². The Balaban J connectivity index is 1.74. The first-order chi connectivity index (χ1) is 17.0. The van der Waals surface area contributed by atoms with E-state index in [1.54, 1.807) is 30.3 Å². The third-order valence-electron chi connectivity index (χ3n) is 5.72. The highest BCUT2D eigenvalue weighted by Crippen LogP contribution is 2.34. The summed E-state index contributed by atoms with van der Waals surface area (Å²) in [7, 11) is 0. The summed E-state index contributed by atoms with van der Waals surface area (Å²) < 4.78 is 11.9. The Morgan fingerprint density at radius 3 is 2.36 bits per heavy atom. The van der Waals surface area contributed by atoms with Gasteiger partial charge in [-0.3, -0.25) is 9.59 Å². The molecule has 8 heteroatoms. The van der Waals surface area contributed by atoms with Gasteiger partial charge < -0.3 is 14.5 Å². The standard InChI is InChI=1S/C28H24Cl3NO4/c1-15-12-22-18(13-20(15)30)25(34)27(26(36-22)16-8-10-17(11-9-16)28(2,3)4)35-14-23(33)32-21-7-5-6-19(29)24(21)31/h5-13H,14H2,1-4H3,(H,32,33). The molecule has 0 aliphatic carbocycles. The van der Waals surface area contributed by atoms with Gasteiger partial charge in [0.05, 0.1) is 21.1 Å². The van der Waals surface area contributed by atoms with Gasteiger partial charge in [-0.15, -0.1) is 0 Å². The molecule has 186 valence electrons. The summed E-state index contributed by atoms with van der Waals surface area (Å²) >= 11 is 18.4. The van der Waals surface area contributed by atoms with Crippen molar-refractivity contribution in [1.29, 1.82) is 0 Å². The minimum Gasteiger partial charge on any atom is -0.476 e. The lowest BCUT2D eigenvalue weighted by Crippen LogP contribution is -2.23. The maximum absolute atomic E-state index is 13.5. The lowest BCUT2D eigenvalue weighted by atomic mass is 9.86. The molecule has 0 fully saturated rings. The zero-order valence-electron chi connectivity index (χ0n) is 20.2. The Morgan fingerprint density at radius 1 is 1.00 bits per heavy atom. The lowest BCUT2D eigenvalue weighted by Gasteiger charge is -2.19. The van der Waals surface area contributed by atoms with Gasteiger partial charge in [-0.1, -0.05) is 85.9 Å². The lowest BCUT2D eigenvalue weighted by molar-refractivity contribution is -0.118. The zero-order chi connectivity index (χ0) is 26.2. The molecule has 0 saturated heterocycles. The molecule has 1 heterocycles. The number of hydrogen-bond donors (Lipinski definition) is 1. The van der Waals surface area contributed by atoms with E-state index in [9.17, 15) is 9.59 Å². The molecular formula is C28H24Cl3NO4. The van der Waals surface area contributed by atoms with Crippen molar-refractivity contribution in [3.8, 4) is 17.1 Å². The fourth-order valence-electron chi connectivity index (χ4n) is 3.67. The van der Waals surface area contributed by atoms with Crippen LogP contribution in [0.1, 0.15) is 31.9 Å². The second-order valence-electron chi connectivity index (χ2n) is 9.45. The molecule has 0 atom stereocenters. The maximum Gasteiger partial charge on any atom is 0.262 e. The first kappa shape index (κ1) is 26.1. The molecule has 1 N–H and O–H groups in total. The largest absolute Gasteiger partial charge is 0.476 e. The average Bonchev–Trinajstić information content (AvgIpc) is 2.82. The first-order valence-electron chi connectivity index (χ1n) is 11.2. The van der Waals surface area contributed by atoms with Crippen LogP contribution in [0.25, 0.3) is 22.3 Å². The summed E-state index contributed by atoms with van der Waals surface area (Å²) in [6.45, 7) is 7.72. The molecule has 0 saturated carbocycles. The number of amides is 1. The van der Waals surface area contributed by atoms with Gasteiger partial charge in [-0.05, 0) is 47.7 Å². The number of carbonyl (C=O) groups excluding carboxylic acids is 1. The summed E-state index contributed by atoms with van der Waals surface area (Å²) in [6.07, 6.45) is 0. The molecule has 0 aliphatic rings. The van der Waals surface area contributed by atoms with Crippen molar-refractivity contribution in [1.82, 2.24) is 0 Å². The van der Waals surface area contributed by atoms with Crippen LogP contribution in [0.3, 0.4) is 0 Å². The van der Waals surface area contributed by atoms with E-state index >= 15 is 0 Å². The highest BCUT2D eigenvalue weighted by Gasteiger charge is 2.21. The molecule has 4 rings (SSSR count). The van der Waals surface area contributed by atoms with Crippen molar-refractivity contribution in [2.24, 2.45) is 0 Å². The quantitative estimate of drug-likeness (QED) is 0.276. The first-order valence-corrected chi connectivity index (χ1v) is 12.3. The minimum atomic E-state index is -0.519. The number of nitrogens with one attached hydrogen (secondary N) is 1. The number of fused-ring (bicyclic) bond motifs is 1. The second-order valence-corrected chi connectivity index (χ2v) is 10.6. The number of anilines is 1. The Morgan fingerprint density at radius 2 is 1.69 bits per heavy atom. The van der Waals surface area contributed by atoms with Crippen LogP contribution in [0, 0.1) is 6.92 Å². The molecule has 0 unspecified atom stereocenters. The van der Waals surface area contributed by atoms with Crippen LogP contribution >= 0.6 is 34.8 Å². The Kier molecular flexibility index (Phi) is 7.37. The highest BCUT2D eigenvalue weighted by atomic mass is 35.5. The van der Waals surface area contributed by atoms with Crippen molar-refractivity contribution < 1.29 is 13.9 Å². The van der Waals surface area contributed by atoms with Crippen LogP contribution in [0.4, 0.5) is 5.69 Å². The zero-order valence-corrected chi connectivity index (χ0v) is 22.4. The Bertz CT molecular complexity index is 1520. The molecular weight excluding hydrogens is 521 g/mol. The van der Waals surface area contributed by atoms with Gasteiger partial charge in [0.1, 0.15) is 5.58 Å². The Labute approximate surface area is 223 Å². The smallest absolute Gasteiger partial charge is 0.262 e. The summed E-state index contributed by atoms with van der Waals surface area (Å²) in [5.74, 6) is -0.379. The second kappa shape index (κ2) is 10.2. The molecule has 3 aromatic carbocycles. The SMILES string of the molecule is Cc1cc2oc(-c3ccc(C(C)(C)C)cc3)c(OCC(=O)Nc3cccc(Cl)c3Cl)c(=O)c2cc1Cl. The van der Waals surface area contributed by atoms with E-state index in [1.807, 2.05) is 31.2 Å². The fourth-order valence-corrected chi connectivity index (χ4v) is 4.18. The van der Waals surface area contributed by atoms with Crippen molar-refractivity contribution >= 4 is 57.4 Å². The van der Waals surface area contributed by atoms with E-state index in [2.05, 4.69) is 26.1 Å². The van der Waals surface area contributed by atoms with E-state index in [1.165, 1.54) is 0 Å². The number of benzene rings is 3. The van der Waals surface area contributed by atoms with Crippen LogP contribution in [-0.2, 0) is 10.2 Å². The van der Waals surface area contributed by atoms with E-state index in [0.717, 1.165) is 11.1 Å². The minimum absolute atomic E-state index is 0.0460. The predicted octanol–water partition coefficient (Wildman–Crippen LogP) is 8.04. The fraction of sp³-hybridized carbons (Fsp3) is 0.214. The molecule has 4 aromatic rings. The molecule has 0 spiro atoms. The summed E-state index contributed by atoms with van der Waals surface area (Å²) in [4.78, 5) is 26.1. The topological polar surface area (TPSA) is 68.5 Å². The van der Waals surface area contributed by atoms with Crippen LogP contribution in [0.2, 0.25) is 15.1 Å². The predicted molar refractivity (Wildman–Crippen MR) is 147 cm³/mol. The third-order valence-corrected chi connectivity index (χ3v) is 6.94. The van der Waals surface area contributed by atoms with Gasteiger partial charge in [-0.25, -0.2) is 0 Å². The van der Waals surface area contributed by atoms with Gasteiger partial charge in [0.2, 0.25) is 11.2 Å². The summed E-state index contributed by atoms with van der Waals surface area (Å²) in [5.41, 5.74) is 2.77. The van der Waals surface area contributed by atoms with Crippen molar-refractivity contribution in [2.75, 3.05) is 11.9 Å².